The minimum atomic E-state index is 0.787. The summed E-state index contributed by atoms with van der Waals surface area (Å²) in [5, 5.41) is 7.04. The molecule has 3 unspecified atom stereocenters. The normalized spacial score (nSPS) is 33.8. The zero-order valence-electron chi connectivity index (χ0n) is 9.07. The molecule has 2 saturated carbocycles. The quantitative estimate of drug-likeness (QED) is 0.782. The SMILES string of the molecule is Cc1n[nH]c(=S)n1CC1CC2CCC1C2. The van der Waals surface area contributed by atoms with Crippen molar-refractivity contribution in [3.8, 4) is 0 Å². The smallest absolute Gasteiger partial charge is 0.195 e. The molecule has 2 aliphatic carbocycles. The first-order valence-corrected chi connectivity index (χ1v) is 6.26. The minimum absolute atomic E-state index is 0.787. The molecule has 0 aromatic carbocycles. The van der Waals surface area contributed by atoms with Crippen LogP contribution in [0.25, 0.3) is 0 Å². The average Bonchev–Trinajstić information content (AvgIpc) is 2.89. The van der Waals surface area contributed by atoms with Crippen molar-refractivity contribution in [3.05, 3.63) is 10.6 Å². The number of nitrogens with zero attached hydrogens (tertiary/aromatic N) is 2. The average molecular weight is 223 g/mol. The molecule has 1 aromatic rings. The zero-order chi connectivity index (χ0) is 10.4. The Morgan fingerprint density at radius 3 is 2.87 bits per heavy atom. The summed E-state index contributed by atoms with van der Waals surface area (Å²) in [6, 6.07) is 0. The minimum Gasteiger partial charge on any atom is -0.304 e. The molecule has 3 rings (SSSR count). The highest BCUT2D eigenvalue weighted by atomic mass is 32.1. The molecule has 0 amide bonds. The van der Waals surface area contributed by atoms with Crippen molar-refractivity contribution in [3.63, 3.8) is 0 Å². The van der Waals surface area contributed by atoms with E-state index >= 15 is 0 Å². The highest BCUT2D eigenvalue weighted by Crippen LogP contribution is 2.48. The van der Waals surface area contributed by atoms with Crippen LogP contribution in [0.4, 0.5) is 0 Å². The molecule has 0 saturated heterocycles. The Bertz CT molecular complexity index is 420. The number of aryl methyl sites for hydroxylation is 1. The highest BCUT2D eigenvalue weighted by Gasteiger charge is 2.39. The topological polar surface area (TPSA) is 33.6 Å². The molecule has 0 radical (unpaired) electrons. The van der Waals surface area contributed by atoms with E-state index in [4.69, 9.17) is 12.2 Å². The van der Waals surface area contributed by atoms with Crippen LogP contribution >= 0.6 is 12.2 Å². The molecule has 82 valence electrons. The van der Waals surface area contributed by atoms with Crippen LogP contribution in [0.5, 0.6) is 0 Å². The Balaban J connectivity index is 1.79. The van der Waals surface area contributed by atoms with Crippen LogP contribution in [-0.2, 0) is 6.54 Å². The largest absolute Gasteiger partial charge is 0.304 e. The fourth-order valence-corrected chi connectivity index (χ4v) is 3.70. The van der Waals surface area contributed by atoms with Crippen LogP contribution < -0.4 is 0 Å². The van der Waals surface area contributed by atoms with E-state index in [1.54, 1.807) is 0 Å². The summed E-state index contributed by atoms with van der Waals surface area (Å²) in [7, 11) is 0. The van der Waals surface area contributed by atoms with Gasteiger partial charge in [-0.25, -0.2) is 0 Å². The van der Waals surface area contributed by atoms with Gasteiger partial charge < -0.3 is 4.57 Å². The van der Waals surface area contributed by atoms with Crippen molar-refractivity contribution in [1.82, 2.24) is 14.8 Å². The van der Waals surface area contributed by atoms with Crippen molar-refractivity contribution >= 4 is 12.2 Å². The molecule has 2 bridgehead atoms. The number of nitrogens with one attached hydrogen (secondary N) is 1. The van der Waals surface area contributed by atoms with Gasteiger partial charge >= 0.3 is 0 Å². The number of aromatic amines is 1. The van der Waals surface area contributed by atoms with Crippen LogP contribution in [0.3, 0.4) is 0 Å². The van der Waals surface area contributed by atoms with Gasteiger partial charge in [0.05, 0.1) is 0 Å². The van der Waals surface area contributed by atoms with Crippen LogP contribution in [0.2, 0.25) is 0 Å². The van der Waals surface area contributed by atoms with E-state index in [-0.39, 0.29) is 0 Å². The number of hydrogen-bond donors (Lipinski definition) is 1. The number of hydrogen-bond acceptors (Lipinski definition) is 2. The van der Waals surface area contributed by atoms with Crippen molar-refractivity contribution in [2.24, 2.45) is 17.8 Å². The van der Waals surface area contributed by atoms with Crippen molar-refractivity contribution in [2.75, 3.05) is 0 Å². The van der Waals surface area contributed by atoms with E-state index in [1.165, 1.54) is 25.7 Å². The summed E-state index contributed by atoms with van der Waals surface area (Å²) in [6.07, 6.45) is 5.79. The van der Waals surface area contributed by atoms with E-state index in [0.29, 0.717) is 0 Å². The van der Waals surface area contributed by atoms with Gasteiger partial charge in [0.15, 0.2) is 4.77 Å². The van der Waals surface area contributed by atoms with Gasteiger partial charge in [0.25, 0.3) is 0 Å². The lowest BCUT2D eigenvalue weighted by molar-refractivity contribution is 0.292. The van der Waals surface area contributed by atoms with Crippen LogP contribution in [0.15, 0.2) is 0 Å². The molecule has 0 spiro atoms. The van der Waals surface area contributed by atoms with Gasteiger partial charge in [-0.3, -0.25) is 5.10 Å². The van der Waals surface area contributed by atoms with Crippen molar-refractivity contribution < 1.29 is 0 Å². The Kier molecular flexibility index (Phi) is 2.20. The summed E-state index contributed by atoms with van der Waals surface area (Å²) in [6.45, 7) is 3.11. The first-order valence-electron chi connectivity index (χ1n) is 5.86. The van der Waals surface area contributed by atoms with Gasteiger partial charge in [0, 0.05) is 6.54 Å². The molecular weight excluding hydrogens is 206 g/mol. The standard InChI is InChI=1S/C11H17N3S/c1-7-12-13-11(15)14(7)6-10-5-8-2-3-9(10)4-8/h8-10H,2-6H2,1H3,(H,13,15). The summed E-state index contributed by atoms with van der Waals surface area (Å²) in [5.41, 5.74) is 0. The van der Waals surface area contributed by atoms with Gasteiger partial charge in [-0.1, -0.05) is 6.42 Å². The highest BCUT2D eigenvalue weighted by molar-refractivity contribution is 7.71. The fourth-order valence-electron chi connectivity index (χ4n) is 3.45. The number of fused-ring (bicyclic) bond motifs is 2. The molecule has 3 atom stereocenters. The van der Waals surface area contributed by atoms with Crippen LogP contribution in [0.1, 0.15) is 31.5 Å². The summed E-state index contributed by atoms with van der Waals surface area (Å²) < 4.78 is 2.95. The Hall–Kier alpha value is -0.640. The second-order valence-electron chi connectivity index (χ2n) is 5.12. The summed E-state index contributed by atoms with van der Waals surface area (Å²) >= 11 is 5.24. The predicted octanol–water partition coefficient (Wildman–Crippen LogP) is 2.69. The lowest BCUT2D eigenvalue weighted by Crippen LogP contribution is -2.18. The third kappa shape index (κ3) is 1.55. The summed E-state index contributed by atoms with van der Waals surface area (Å²) in [4.78, 5) is 0. The lowest BCUT2D eigenvalue weighted by Gasteiger charge is -2.22. The van der Waals surface area contributed by atoms with E-state index in [1.807, 2.05) is 6.92 Å². The Labute approximate surface area is 94.9 Å². The van der Waals surface area contributed by atoms with E-state index in [9.17, 15) is 0 Å². The first kappa shape index (κ1) is 9.58. The van der Waals surface area contributed by atoms with Gasteiger partial charge in [-0.05, 0) is 56.2 Å². The number of rotatable bonds is 2. The van der Waals surface area contributed by atoms with Gasteiger partial charge in [-0.15, -0.1) is 0 Å². The predicted molar refractivity (Wildman–Crippen MR) is 61.1 cm³/mol. The molecular formula is C11H17N3S. The maximum absolute atomic E-state index is 5.24. The summed E-state index contributed by atoms with van der Waals surface area (Å²) in [5.74, 6) is 3.86. The molecule has 0 aliphatic heterocycles. The molecule has 2 aliphatic rings. The maximum Gasteiger partial charge on any atom is 0.195 e. The van der Waals surface area contributed by atoms with E-state index < -0.39 is 0 Å². The molecule has 2 fully saturated rings. The van der Waals surface area contributed by atoms with Gasteiger partial charge in [0.2, 0.25) is 0 Å². The third-order valence-corrected chi connectivity index (χ3v) is 4.56. The monoisotopic (exact) mass is 223 g/mol. The first-order chi connectivity index (χ1) is 7.24. The molecule has 1 N–H and O–H groups in total. The number of aromatic nitrogens is 3. The third-order valence-electron chi connectivity index (χ3n) is 4.25. The number of H-pyrrole nitrogens is 1. The van der Waals surface area contributed by atoms with E-state index in [0.717, 1.165) is 34.9 Å². The molecule has 4 heteroatoms. The maximum atomic E-state index is 5.24. The van der Waals surface area contributed by atoms with Gasteiger partial charge in [-0.2, -0.15) is 5.10 Å². The molecule has 15 heavy (non-hydrogen) atoms. The van der Waals surface area contributed by atoms with E-state index in [2.05, 4.69) is 14.8 Å². The zero-order valence-corrected chi connectivity index (χ0v) is 9.89. The van der Waals surface area contributed by atoms with Crippen molar-refractivity contribution in [1.29, 1.82) is 0 Å². The second kappa shape index (κ2) is 3.44. The van der Waals surface area contributed by atoms with Crippen molar-refractivity contribution in [2.45, 2.75) is 39.2 Å². The second-order valence-corrected chi connectivity index (χ2v) is 5.51. The van der Waals surface area contributed by atoms with Crippen LogP contribution in [0, 0.1) is 29.4 Å². The van der Waals surface area contributed by atoms with Gasteiger partial charge in [0.1, 0.15) is 5.82 Å². The molecule has 3 nitrogen and oxygen atoms in total. The fraction of sp³-hybridized carbons (Fsp3) is 0.818. The lowest BCUT2D eigenvalue weighted by atomic mass is 9.89. The Morgan fingerprint density at radius 2 is 2.33 bits per heavy atom. The molecule has 1 aromatic heterocycles. The van der Waals surface area contributed by atoms with Crippen LogP contribution in [-0.4, -0.2) is 14.8 Å². The molecule has 1 heterocycles. The Morgan fingerprint density at radius 1 is 1.47 bits per heavy atom.